The smallest absolute Gasteiger partial charge is 0.251 e. The molecule has 0 fully saturated rings. The Labute approximate surface area is 129 Å². The van der Waals surface area contributed by atoms with Crippen molar-refractivity contribution in [1.82, 2.24) is 15.1 Å². The first-order valence-corrected chi connectivity index (χ1v) is 7.09. The van der Waals surface area contributed by atoms with E-state index in [1.165, 1.54) is 6.20 Å². The number of rotatable bonds is 5. The molecule has 2 amide bonds. The molecular weight excluding hydrogens is 280 g/mol. The third kappa shape index (κ3) is 3.72. The van der Waals surface area contributed by atoms with Gasteiger partial charge in [0.2, 0.25) is 0 Å². The standard InChI is InChI=1S/C16H20N4O2/c1-10(2)19-16(22)12-4-5-13(11(3)6-12)8-20-9-14(7-18-20)15(17)21/h4-7,9-10H,8H2,1-3H3,(H2,17,21)(H,19,22). The van der Waals surface area contributed by atoms with Crippen LogP contribution in [0.15, 0.2) is 30.6 Å². The summed E-state index contributed by atoms with van der Waals surface area (Å²) >= 11 is 0. The van der Waals surface area contributed by atoms with Crippen molar-refractivity contribution in [2.75, 3.05) is 0 Å². The highest BCUT2D eigenvalue weighted by Gasteiger charge is 2.10. The van der Waals surface area contributed by atoms with E-state index >= 15 is 0 Å². The second-order valence-electron chi connectivity index (χ2n) is 5.56. The molecule has 6 heteroatoms. The Morgan fingerprint density at radius 1 is 1.32 bits per heavy atom. The summed E-state index contributed by atoms with van der Waals surface area (Å²) < 4.78 is 1.65. The van der Waals surface area contributed by atoms with Crippen molar-refractivity contribution in [2.24, 2.45) is 5.73 Å². The van der Waals surface area contributed by atoms with Gasteiger partial charge in [-0.1, -0.05) is 6.07 Å². The van der Waals surface area contributed by atoms with Crippen LogP contribution < -0.4 is 11.1 Å². The Morgan fingerprint density at radius 2 is 2.05 bits per heavy atom. The molecule has 6 nitrogen and oxygen atoms in total. The molecule has 0 radical (unpaired) electrons. The van der Waals surface area contributed by atoms with Crippen LogP contribution in [0.1, 0.15) is 45.7 Å². The SMILES string of the molecule is Cc1cc(C(=O)NC(C)C)ccc1Cn1cc(C(N)=O)cn1. The number of carbonyl (C=O) groups excluding carboxylic acids is 2. The lowest BCUT2D eigenvalue weighted by Gasteiger charge is -2.11. The molecule has 116 valence electrons. The molecule has 0 bridgehead atoms. The van der Waals surface area contributed by atoms with Gasteiger partial charge in [0.25, 0.3) is 11.8 Å². The number of amides is 2. The number of hydrogen-bond acceptors (Lipinski definition) is 3. The number of primary amides is 1. The van der Waals surface area contributed by atoms with Crippen LogP contribution in [0.3, 0.4) is 0 Å². The molecule has 0 aliphatic carbocycles. The highest BCUT2D eigenvalue weighted by atomic mass is 16.2. The van der Waals surface area contributed by atoms with Crippen LogP contribution in [-0.2, 0) is 6.54 Å². The van der Waals surface area contributed by atoms with Crippen LogP contribution in [0.2, 0.25) is 0 Å². The molecule has 22 heavy (non-hydrogen) atoms. The van der Waals surface area contributed by atoms with Crippen LogP contribution in [-0.4, -0.2) is 27.6 Å². The van der Waals surface area contributed by atoms with Gasteiger partial charge in [-0.05, 0) is 44.0 Å². The fourth-order valence-electron chi connectivity index (χ4n) is 2.11. The van der Waals surface area contributed by atoms with Gasteiger partial charge in [-0.3, -0.25) is 14.3 Å². The average Bonchev–Trinajstić information content (AvgIpc) is 2.89. The van der Waals surface area contributed by atoms with Crippen LogP contribution in [0.4, 0.5) is 0 Å². The van der Waals surface area contributed by atoms with Gasteiger partial charge in [0.05, 0.1) is 18.3 Å². The van der Waals surface area contributed by atoms with Gasteiger partial charge in [0.15, 0.2) is 0 Å². The molecule has 0 unspecified atom stereocenters. The molecule has 0 spiro atoms. The summed E-state index contributed by atoms with van der Waals surface area (Å²) in [4.78, 5) is 23.0. The predicted octanol–water partition coefficient (Wildman–Crippen LogP) is 1.48. The number of aromatic nitrogens is 2. The Hall–Kier alpha value is -2.63. The highest BCUT2D eigenvalue weighted by Crippen LogP contribution is 2.13. The summed E-state index contributed by atoms with van der Waals surface area (Å²) in [6.45, 7) is 6.31. The summed E-state index contributed by atoms with van der Waals surface area (Å²) in [5.74, 6) is -0.580. The fourth-order valence-corrected chi connectivity index (χ4v) is 2.11. The second kappa shape index (κ2) is 6.43. The van der Waals surface area contributed by atoms with Gasteiger partial charge < -0.3 is 11.1 Å². The zero-order valence-electron chi connectivity index (χ0n) is 13.0. The summed E-state index contributed by atoms with van der Waals surface area (Å²) in [6.07, 6.45) is 3.06. The van der Waals surface area contributed by atoms with E-state index in [9.17, 15) is 9.59 Å². The van der Waals surface area contributed by atoms with E-state index in [1.807, 2.05) is 32.9 Å². The van der Waals surface area contributed by atoms with E-state index in [0.29, 0.717) is 17.7 Å². The van der Waals surface area contributed by atoms with Crippen molar-refractivity contribution < 1.29 is 9.59 Å². The number of benzene rings is 1. The zero-order valence-corrected chi connectivity index (χ0v) is 13.0. The van der Waals surface area contributed by atoms with Crippen molar-refractivity contribution >= 4 is 11.8 Å². The van der Waals surface area contributed by atoms with Crippen molar-refractivity contribution in [1.29, 1.82) is 0 Å². The van der Waals surface area contributed by atoms with Gasteiger partial charge >= 0.3 is 0 Å². The number of carbonyl (C=O) groups is 2. The van der Waals surface area contributed by atoms with Gasteiger partial charge in [-0.15, -0.1) is 0 Å². The lowest BCUT2D eigenvalue weighted by Crippen LogP contribution is -2.30. The van der Waals surface area contributed by atoms with E-state index in [2.05, 4.69) is 10.4 Å². The minimum absolute atomic E-state index is 0.0836. The molecule has 1 aromatic carbocycles. The number of nitrogens with one attached hydrogen (secondary N) is 1. The lowest BCUT2D eigenvalue weighted by molar-refractivity contribution is 0.0941. The van der Waals surface area contributed by atoms with Crippen molar-refractivity contribution in [3.8, 4) is 0 Å². The Morgan fingerprint density at radius 3 is 2.59 bits per heavy atom. The van der Waals surface area contributed by atoms with Crippen molar-refractivity contribution in [2.45, 2.75) is 33.4 Å². The van der Waals surface area contributed by atoms with E-state index in [-0.39, 0.29) is 11.9 Å². The zero-order chi connectivity index (χ0) is 16.3. The topological polar surface area (TPSA) is 90.0 Å². The van der Waals surface area contributed by atoms with Crippen LogP contribution in [0.25, 0.3) is 0 Å². The van der Waals surface area contributed by atoms with Crippen LogP contribution in [0, 0.1) is 6.92 Å². The van der Waals surface area contributed by atoms with Gasteiger partial charge in [0, 0.05) is 17.8 Å². The summed E-state index contributed by atoms with van der Waals surface area (Å²) in [5, 5.41) is 6.97. The lowest BCUT2D eigenvalue weighted by atomic mass is 10.0. The quantitative estimate of drug-likeness (QED) is 0.876. The van der Waals surface area contributed by atoms with E-state index < -0.39 is 5.91 Å². The summed E-state index contributed by atoms with van der Waals surface area (Å²) in [5.41, 5.74) is 8.24. The third-order valence-corrected chi connectivity index (χ3v) is 3.27. The predicted molar refractivity (Wildman–Crippen MR) is 83.6 cm³/mol. The van der Waals surface area contributed by atoms with E-state index in [1.54, 1.807) is 16.9 Å². The van der Waals surface area contributed by atoms with Crippen LogP contribution >= 0.6 is 0 Å². The number of hydrogen-bond donors (Lipinski definition) is 2. The molecule has 1 aromatic heterocycles. The molecule has 0 aliphatic heterocycles. The third-order valence-electron chi connectivity index (χ3n) is 3.27. The average molecular weight is 300 g/mol. The minimum atomic E-state index is -0.497. The monoisotopic (exact) mass is 300 g/mol. The summed E-state index contributed by atoms with van der Waals surface area (Å²) in [6, 6.07) is 5.64. The molecule has 0 aliphatic rings. The summed E-state index contributed by atoms with van der Waals surface area (Å²) in [7, 11) is 0. The Bertz CT molecular complexity index is 704. The highest BCUT2D eigenvalue weighted by molar-refractivity contribution is 5.94. The van der Waals surface area contributed by atoms with Gasteiger partial charge in [-0.2, -0.15) is 5.10 Å². The fraction of sp³-hybridized carbons (Fsp3) is 0.312. The van der Waals surface area contributed by atoms with Crippen molar-refractivity contribution in [3.63, 3.8) is 0 Å². The van der Waals surface area contributed by atoms with E-state index in [4.69, 9.17) is 5.73 Å². The number of nitrogens with two attached hydrogens (primary N) is 1. The minimum Gasteiger partial charge on any atom is -0.366 e. The Kier molecular flexibility index (Phi) is 4.60. The maximum absolute atomic E-state index is 12.0. The first kappa shape index (κ1) is 15.8. The number of aryl methyl sites for hydroxylation is 1. The van der Waals surface area contributed by atoms with E-state index in [0.717, 1.165) is 11.1 Å². The molecule has 1 heterocycles. The van der Waals surface area contributed by atoms with Gasteiger partial charge in [0.1, 0.15) is 0 Å². The molecule has 0 atom stereocenters. The second-order valence-corrected chi connectivity index (χ2v) is 5.56. The maximum atomic E-state index is 12.0. The Balaban J connectivity index is 2.15. The number of nitrogens with zero attached hydrogens (tertiary/aromatic N) is 2. The molecule has 2 aromatic rings. The van der Waals surface area contributed by atoms with Crippen LogP contribution in [0.5, 0.6) is 0 Å². The van der Waals surface area contributed by atoms with Gasteiger partial charge in [-0.25, -0.2) is 0 Å². The first-order chi connectivity index (χ1) is 10.4. The largest absolute Gasteiger partial charge is 0.366 e. The maximum Gasteiger partial charge on any atom is 0.251 e. The normalized spacial score (nSPS) is 10.7. The molecule has 2 rings (SSSR count). The molecule has 3 N–H and O–H groups in total. The van der Waals surface area contributed by atoms with Crippen molar-refractivity contribution in [3.05, 3.63) is 52.8 Å². The first-order valence-electron chi connectivity index (χ1n) is 7.09. The molecule has 0 saturated heterocycles. The molecular formula is C16H20N4O2. The molecule has 0 saturated carbocycles.